The van der Waals surface area contributed by atoms with Gasteiger partial charge in [-0.25, -0.2) is 0 Å². The van der Waals surface area contributed by atoms with E-state index in [1.165, 1.54) is 34.9 Å². The molecule has 3 heteroatoms. The molecule has 0 bridgehead atoms. The Balaban J connectivity index is 1.81. The Morgan fingerprint density at radius 1 is 1.42 bits per heavy atom. The van der Waals surface area contributed by atoms with Gasteiger partial charge >= 0.3 is 0 Å². The van der Waals surface area contributed by atoms with Gasteiger partial charge < -0.3 is 10.1 Å². The molecule has 0 radical (unpaired) electrons. The summed E-state index contributed by atoms with van der Waals surface area (Å²) in [4.78, 5) is 0. The van der Waals surface area contributed by atoms with Gasteiger partial charge in [0.05, 0.1) is 6.61 Å². The van der Waals surface area contributed by atoms with Crippen molar-refractivity contribution in [2.24, 2.45) is 5.92 Å². The molecular weight excluding hydrogens is 302 g/mol. The molecule has 19 heavy (non-hydrogen) atoms. The van der Waals surface area contributed by atoms with Gasteiger partial charge in [0.1, 0.15) is 5.75 Å². The highest BCUT2D eigenvalue weighted by atomic mass is 79.9. The van der Waals surface area contributed by atoms with Gasteiger partial charge in [0, 0.05) is 16.9 Å². The molecule has 0 saturated heterocycles. The first-order valence-electron chi connectivity index (χ1n) is 7.45. The third-order valence-corrected chi connectivity index (χ3v) is 4.91. The van der Waals surface area contributed by atoms with Crippen molar-refractivity contribution in [1.29, 1.82) is 0 Å². The SMILES string of the molecule is CCNC(Cc1cc(Br)cc2c1OCC2)C1CCC1. The van der Waals surface area contributed by atoms with Gasteiger partial charge in [-0.1, -0.05) is 29.3 Å². The zero-order valence-electron chi connectivity index (χ0n) is 11.5. The summed E-state index contributed by atoms with van der Waals surface area (Å²) in [5, 5.41) is 3.67. The molecule has 2 nitrogen and oxygen atoms in total. The number of hydrogen-bond donors (Lipinski definition) is 1. The van der Waals surface area contributed by atoms with Crippen LogP contribution in [-0.4, -0.2) is 19.2 Å². The van der Waals surface area contributed by atoms with Crippen LogP contribution in [0.25, 0.3) is 0 Å². The summed E-state index contributed by atoms with van der Waals surface area (Å²) in [6.45, 7) is 4.10. The summed E-state index contributed by atoms with van der Waals surface area (Å²) in [5.74, 6) is 2.02. The van der Waals surface area contributed by atoms with Crippen LogP contribution in [-0.2, 0) is 12.8 Å². The van der Waals surface area contributed by atoms with Crippen molar-refractivity contribution in [3.05, 3.63) is 27.7 Å². The molecule has 1 atom stereocenters. The Morgan fingerprint density at radius 2 is 2.26 bits per heavy atom. The average Bonchev–Trinajstić information content (AvgIpc) is 2.74. The van der Waals surface area contributed by atoms with Crippen molar-refractivity contribution in [3.63, 3.8) is 0 Å². The van der Waals surface area contributed by atoms with Crippen LogP contribution in [0.5, 0.6) is 5.75 Å². The van der Waals surface area contributed by atoms with E-state index in [4.69, 9.17) is 4.74 Å². The Bertz CT molecular complexity index is 456. The lowest BCUT2D eigenvalue weighted by molar-refractivity contribution is 0.228. The summed E-state index contributed by atoms with van der Waals surface area (Å²) in [5.41, 5.74) is 2.74. The molecule has 1 fully saturated rings. The van der Waals surface area contributed by atoms with Crippen LogP contribution in [0, 0.1) is 5.92 Å². The molecule has 1 N–H and O–H groups in total. The van der Waals surface area contributed by atoms with Gasteiger partial charge in [0.25, 0.3) is 0 Å². The molecule has 1 aliphatic carbocycles. The summed E-state index contributed by atoms with van der Waals surface area (Å²) in [6.07, 6.45) is 6.32. The number of likely N-dealkylation sites (N-methyl/N-ethyl adjacent to an activating group) is 1. The first-order chi connectivity index (χ1) is 9.28. The van der Waals surface area contributed by atoms with E-state index < -0.39 is 0 Å². The maximum Gasteiger partial charge on any atom is 0.125 e. The summed E-state index contributed by atoms with van der Waals surface area (Å²) < 4.78 is 7.04. The van der Waals surface area contributed by atoms with Crippen LogP contribution in [0.2, 0.25) is 0 Å². The molecule has 3 rings (SSSR count). The number of rotatable bonds is 5. The van der Waals surface area contributed by atoms with Crippen LogP contribution >= 0.6 is 15.9 Å². The van der Waals surface area contributed by atoms with Gasteiger partial charge in [-0.15, -0.1) is 0 Å². The molecule has 1 saturated carbocycles. The second-order valence-electron chi connectivity index (χ2n) is 5.71. The van der Waals surface area contributed by atoms with E-state index in [1.54, 1.807) is 0 Å². The molecule has 0 amide bonds. The minimum Gasteiger partial charge on any atom is -0.493 e. The van der Waals surface area contributed by atoms with E-state index in [-0.39, 0.29) is 0 Å². The van der Waals surface area contributed by atoms with E-state index in [1.807, 2.05) is 0 Å². The zero-order chi connectivity index (χ0) is 13.2. The van der Waals surface area contributed by atoms with E-state index in [0.717, 1.165) is 37.7 Å². The third-order valence-electron chi connectivity index (χ3n) is 4.45. The molecule has 0 spiro atoms. The number of fused-ring (bicyclic) bond motifs is 1. The van der Waals surface area contributed by atoms with Gasteiger partial charge in [0.15, 0.2) is 0 Å². The van der Waals surface area contributed by atoms with Crippen LogP contribution in [0.1, 0.15) is 37.3 Å². The molecule has 104 valence electrons. The minimum absolute atomic E-state index is 0.612. The average molecular weight is 324 g/mol. The van der Waals surface area contributed by atoms with E-state index in [0.29, 0.717) is 6.04 Å². The molecular formula is C16H22BrNO. The monoisotopic (exact) mass is 323 g/mol. The first-order valence-corrected chi connectivity index (χ1v) is 8.24. The van der Waals surface area contributed by atoms with Crippen molar-refractivity contribution in [1.82, 2.24) is 5.32 Å². The van der Waals surface area contributed by atoms with E-state index >= 15 is 0 Å². The fourth-order valence-electron chi connectivity index (χ4n) is 3.24. The Kier molecular flexibility index (Phi) is 4.13. The van der Waals surface area contributed by atoms with Gasteiger partial charge in [0.2, 0.25) is 0 Å². The molecule has 2 aliphatic rings. The lowest BCUT2D eigenvalue weighted by Crippen LogP contribution is -2.41. The second-order valence-corrected chi connectivity index (χ2v) is 6.63. The van der Waals surface area contributed by atoms with Gasteiger partial charge in [-0.2, -0.15) is 0 Å². The fourth-order valence-corrected chi connectivity index (χ4v) is 3.80. The quantitative estimate of drug-likeness (QED) is 0.892. The van der Waals surface area contributed by atoms with Gasteiger partial charge in [-0.3, -0.25) is 0 Å². The maximum atomic E-state index is 5.85. The first kappa shape index (κ1) is 13.4. The molecule has 1 aliphatic heterocycles. The van der Waals surface area contributed by atoms with Crippen molar-refractivity contribution < 1.29 is 4.74 Å². The van der Waals surface area contributed by atoms with Crippen molar-refractivity contribution in [2.45, 2.75) is 45.1 Å². The van der Waals surface area contributed by atoms with Crippen LogP contribution < -0.4 is 10.1 Å². The number of benzene rings is 1. The largest absolute Gasteiger partial charge is 0.493 e. The summed E-state index contributed by atoms with van der Waals surface area (Å²) in [6, 6.07) is 5.06. The highest BCUT2D eigenvalue weighted by Gasteiger charge is 2.28. The highest BCUT2D eigenvalue weighted by molar-refractivity contribution is 9.10. The normalized spacial score (nSPS) is 19.7. The van der Waals surface area contributed by atoms with Crippen LogP contribution in [0.4, 0.5) is 0 Å². The van der Waals surface area contributed by atoms with Crippen molar-refractivity contribution in [3.8, 4) is 5.75 Å². The lowest BCUT2D eigenvalue weighted by Gasteiger charge is -2.34. The zero-order valence-corrected chi connectivity index (χ0v) is 13.1. The fraction of sp³-hybridized carbons (Fsp3) is 0.625. The third kappa shape index (κ3) is 2.82. The minimum atomic E-state index is 0.612. The molecule has 1 heterocycles. The molecule has 1 unspecified atom stereocenters. The maximum absolute atomic E-state index is 5.85. The Morgan fingerprint density at radius 3 is 2.95 bits per heavy atom. The van der Waals surface area contributed by atoms with Crippen LogP contribution in [0.15, 0.2) is 16.6 Å². The number of hydrogen-bond acceptors (Lipinski definition) is 2. The number of nitrogens with one attached hydrogen (secondary N) is 1. The Hall–Kier alpha value is -0.540. The molecule has 1 aromatic carbocycles. The predicted octanol–water partition coefficient (Wildman–Crippen LogP) is 3.70. The molecule has 0 aromatic heterocycles. The summed E-state index contributed by atoms with van der Waals surface area (Å²) >= 11 is 3.64. The predicted molar refractivity (Wildman–Crippen MR) is 81.9 cm³/mol. The second kappa shape index (κ2) is 5.84. The van der Waals surface area contributed by atoms with Crippen LogP contribution in [0.3, 0.4) is 0 Å². The van der Waals surface area contributed by atoms with Crippen molar-refractivity contribution >= 4 is 15.9 Å². The summed E-state index contributed by atoms with van der Waals surface area (Å²) in [7, 11) is 0. The molecule has 1 aromatic rings. The number of ether oxygens (including phenoxy) is 1. The van der Waals surface area contributed by atoms with E-state index in [2.05, 4.69) is 40.3 Å². The van der Waals surface area contributed by atoms with E-state index in [9.17, 15) is 0 Å². The smallest absolute Gasteiger partial charge is 0.125 e. The Labute approximate surface area is 124 Å². The van der Waals surface area contributed by atoms with Gasteiger partial charge in [-0.05, 0) is 55.0 Å². The highest BCUT2D eigenvalue weighted by Crippen LogP contribution is 2.37. The standard InChI is InChI=1S/C16H22BrNO/c1-2-18-15(11-4-3-5-11)10-13-9-14(17)8-12-6-7-19-16(12)13/h8-9,11,15,18H,2-7,10H2,1H3. The topological polar surface area (TPSA) is 21.3 Å². The lowest BCUT2D eigenvalue weighted by atomic mass is 9.77. The van der Waals surface area contributed by atoms with Crippen molar-refractivity contribution in [2.75, 3.05) is 13.2 Å². The number of halogens is 1.